The van der Waals surface area contributed by atoms with Crippen molar-refractivity contribution in [2.75, 3.05) is 13.1 Å². The van der Waals surface area contributed by atoms with Gasteiger partial charge in [0.25, 0.3) is 0 Å². The van der Waals surface area contributed by atoms with Crippen molar-refractivity contribution in [2.24, 2.45) is 11.3 Å². The summed E-state index contributed by atoms with van der Waals surface area (Å²) >= 11 is 0. The molecule has 0 aromatic heterocycles. The summed E-state index contributed by atoms with van der Waals surface area (Å²) < 4.78 is 66.2. The van der Waals surface area contributed by atoms with Crippen molar-refractivity contribution in [2.45, 2.75) is 70.3 Å². The minimum Gasteiger partial charge on any atom is -0.391 e. The number of hydrogen-bond acceptors (Lipinski definition) is 3. The Kier molecular flexibility index (Phi) is 7.95. The molecular formula is C28H33F5N2O2. The molecule has 2 aliphatic rings. The lowest BCUT2D eigenvalue weighted by Gasteiger charge is -2.40. The number of carbonyl (C=O) groups is 1. The lowest BCUT2D eigenvalue weighted by Crippen LogP contribution is -2.48. The van der Waals surface area contributed by atoms with Crippen LogP contribution in [0.15, 0.2) is 42.5 Å². The van der Waals surface area contributed by atoms with Gasteiger partial charge in [0.05, 0.1) is 17.1 Å². The van der Waals surface area contributed by atoms with Crippen molar-refractivity contribution in [1.82, 2.24) is 10.2 Å². The first-order chi connectivity index (χ1) is 17.4. The Morgan fingerprint density at radius 3 is 2.43 bits per heavy atom. The van der Waals surface area contributed by atoms with Crippen LogP contribution < -0.4 is 5.32 Å². The zero-order valence-corrected chi connectivity index (χ0v) is 21.0. The van der Waals surface area contributed by atoms with Gasteiger partial charge in [-0.15, -0.1) is 0 Å². The van der Waals surface area contributed by atoms with E-state index in [4.69, 9.17) is 0 Å². The third-order valence-electron chi connectivity index (χ3n) is 8.25. The van der Waals surface area contributed by atoms with E-state index >= 15 is 0 Å². The van der Waals surface area contributed by atoms with E-state index in [2.05, 4.69) is 10.2 Å². The quantitative estimate of drug-likeness (QED) is 0.481. The number of nitrogens with zero attached hydrogens (tertiary/aromatic N) is 1. The Hall–Kier alpha value is -2.52. The minimum atomic E-state index is -4.67. The highest BCUT2D eigenvalue weighted by Crippen LogP contribution is 2.47. The Morgan fingerprint density at radius 2 is 1.81 bits per heavy atom. The van der Waals surface area contributed by atoms with E-state index in [1.165, 1.54) is 12.1 Å². The van der Waals surface area contributed by atoms with E-state index in [0.717, 1.165) is 30.7 Å². The molecule has 37 heavy (non-hydrogen) atoms. The number of aliphatic hydroxyl groups excluding tert-OH is 1. The third-order valence-corrected chi connectivity index (χ3v) is 8.25. The van der Waals surface area contributed by atoms with Gasteiger partial charge in [-0.25, -0.2) is 8.78 Å². The number of nitrogens with one attached hydrogen (secondary N) is 1. The van der Waals surface area contributed by atoms with Crippen molar-refractivity contribution in [3.63, 3.8) is 0 Å². The van der Waals surface area contributed by atoms with Crippen LogP contribution >= 0.6 is 0 Å². The predicted octanol–water partition coefficient (Wildman–Crippen LogP) is 5.65. The molecule has 2 unspecified atom stereocenters. The summed E-state index contributed by atoms with van der Waals surface area (Å²) in [5.41, 5.74) is -0.829. The van der Waals surface area contributed by atoms with Gasteiger partial charge in [0.2, 0.25) is 5.91 Å². The summed E-state index contributed by atoms with van der Waals surface area (Å²) in [5.74, 6) is -1.66. The molecule has 202 valence electrons. The Labute approximate surface area is 213 Å². The fourth-order valence-electron chi connectivity index (χ4n) is 6.01. The van der Waals surface area contributed by atoms with Gasteiger partial charge in [0.1, 0.15) is 11.6 Å². The van der Waals surface area contributed by atoms with Crippen LogP contribution in [0.3, 0.4) is 0 Å². The molecule has 1 aliphatic carbocycles. The molecule has 1 heterocycles. The fraction of sp³-hybridized carbons (Fsp3) is 0.536. The second-order valence-corrected chi connectivity index (χ2v) is 10.7. The van der Waals surface area contributed by atoms with E-state index in [1.54, 1.807) is 12.1 Å². The van der Waals surface area contributed by atoms with Crippen LogP contribution in [0.1, 0.15) is 62.1 Å². The zero-order chi connectivity index (χ0) is 27.0. The molecule has 4 nitrogen and oxygen atoms in total. The number of alkyl halides is 3. The first kappa shape index (κ1) is 27.5. The van der Waals surface area contributed by atoms with Crippen LogP contribution in [-0.2, 0) is 17.5 Å². The molecule has 9 heteroatoms. The number of likely N-dealkylation sites (tertiary alicyclic amines) is 1. The van der Waals surface area contributed by atoms with Gasteiger partial charge >= 0.3 is 6.18 Å². The van der Waals surface area contributed by atoms with E-state index in [-0.39, 0.29) is 41.7 Å². The average molecular weight is 525 g/mol. The molecule has 1 saturated carbocycles. The maximum absolute atomic E-state index is 13.8. The predicted molar refractivity (Wildman–Crippen MR) is 129 cm³/mol. The summed E-state index contributed by atoms with van der Waals surface area (Å²) in [7, 11) is 0. The van der Waals surface area contributed by atoms with Crippen LogP contribution in [0.2, 0.25) is 0 Å². The lowest BCUT2D eigenvalue weighted by molar-refractivity contribution is -0.137. The number of amides is 1. The molecule has 0 bridgehead atoms. The maximum atomic E-state index is 13.8. The van der Waals surface area contributed by atoms with Crippen LogP contribution in [-0.4, -0.2) is 41.1 Å². The molecule has 4 rings (SSSR count). The number of rotatable bonds is 6. The Morgan fingerprint density at radius 1 is 1.11 bits per heavy atom. The lowest BCUT2D eigenvalue weighted by atomic mass is 9.74. The molecule has 1 aliphatic heterocycles. The second kappa shape index (κ2) is 10.7. The van der Waals surface area contributed by atoms with Gasteiger partial charge in [-0.1, -0.05) is 26.0 Å². The molecule has 2 aromatic carbocycles. The second-order valence-electron chi connectivity index (χ2n) is 10.7. The van der Waals surface area contributed by atoms with Crippen molar-refractivity contribution < 1.29 is 31.9 Å². The molecule has 1 amide bonds. The largest absolute Gasteiger partial charge is 0.416 e. The summed E-state index contributed by atoms with van der Waals surface area (Å²) in [4.78, 5) is 15.6. The molecule has 2 aromatic rings. The normalized spacial score (nSPS) is 27.0. The molecule has 2 N–H and O–H groups in total. The Bertz CT molecular complexity index is 1100. The number of hydrogen-bond donors (Lipinski definition) is 2. The number of β-amino-alcohol motifs (C(OH)–C–C–N with tert-alkyl or cyclic N) is 1. The van der Waals surface area contributed by atoms with Gasteiger partial charge < -0.3 is 10.4 Å². The van der Waals surface area contributed by atoms with Gasteiger partial charge in [0.15, 0.2) is 0 Å². The van der Waals surface area contributed by atoms with Crippen LogP contribution in [0.5, 0.6) is 0 Å². The van der Waals surface area contributed by atoms with E-state index < -0.39 is 29.1 Å². The zero-order valence-electron chi connectivity index (χ0n) is 21.0. The standard InChI is InChI=1S/C28H33F5N2O2/c1-17(2)27(26(37)34-15-18-11-20(28(31,32)33)13-22(30)12-18)9-7-23(14-27)35-10-8-24(25(36)16-35)19-3-5-21(29)6-4-19/h3-6,11-13,17,23-25,36H,7-10,14-16H2,1-2H3,(H,34,37)/t23?,24-,25-,27?/m0/s1. The van der Waals surface area contributed by atoms with Crippen LogP contribution in [0.4, 0.5) is 22.0 Å². The molecule has 2 fully saturated rings. The monoisotopic (exact) mass is 524 g/mol. The molecular weight excluding hydrogens is 491 g/mol. The molecule has 1 saturated heterocycles. The highest BCUT2D eigenvalue weighted by Gasteiger charge is 2.49. The van der Waals surface area contributed by atoms with Crippen molar-refractivity contribution in [3.05, 3.63) is 70.8 Å². The average Bonchev–Trinajstić information content (AvgIpc) is 3.29. The molecule has 0 radical (unpaired) electrons. The van der Waals surface area contributed by atoms with Crippen molar-refractivity contribution >= 4 is 5.91 Å². The third kappa shape index (κ3) is 5.98. The topological polar surface area (TPSA) is 52.6 Å². The first-order valence-electron chi connectivity index (χ1n) is 12.7. The molecule has 0 spiro atoms. The number of halogens is 5. The fourth-order valence-corrected chi connectivity index (χ4v) is 6.01. The summed E-state index contributed by atoms with van der Waals surface area (Å²) in [6, 6.07) is 8.59. The summed E-state index contributed by atoms with van der Waals surface area (Å²) in [5, 5.41) is 13.6. The smallest absolute Gasteiger partial charge is 0.391 e. The van der Waals surface area contributed by atoms with E-state index in [0.29, 0.717) is 31.9 Å². The van der Waals surface area contributed by atoms with E-state index in [1.807, 2.05) is 13.8 Å². The van der Waals surface area contributed by atoms with Gasteiger partial charge in [-0.2, -0.15) is 13.2 Å². The van der Waals surface area contributed by atoms with Gasteiger partial charge in [0, 0.05) is 25.0 Å². The summed E-state index contributed by atoms with van der Waals surface area (Å²) in [6.07, 6.45) is -2.62. The van der Waals surface area contributed by atoms with Crippen LogP contribution in [0, 0.1) is 23.0 Å². The minimum absolute atomic E-state index is 0.0163. The van der Waals surface area contributed by atoms with Gasteiger partial charge in [-0.3, -0.25) is 9.69 Å². The first-order valence-corrected chi connectivity index (χ1v) is 12.7. The van der Waals surface area contributed by atoms with Crippen molar-refractivity contribution in [3.8, 4) is 0 Å². The summed E-state index contributed by atoms with van der Waals surface area (Å²) in [6.45, 7) is 4.92. The number of carbonyl (C=O) groups excluding carboxylic acids is 1. The Balaban J connectivity index is 1.40. The van der Waals surface area contributed by atoms with Crippen molar-refractivity contribution in [1.29, 1.82) is 0 Å². The molecule has 4 atom stereocenters. The SMILES string of the molecule is CC(C)C1(C(=O)NCc2cc(F)cc(C(F)(F)F)c2)CCC(N2CC[C@@H](c3ccc(F)cc3)[C@@H](O)C2)C1. The van der Waals surface area contributed by atoms with Gasteiger partial charge in [-0.05, 0) is 79.6 Å². The maximum Gasteiger partial charge on any atom is 0.416 e. The van der Waals surface area contributed by atoms with Crippen LogP contribution in [0.25, 0.3) is 0 Å². The van der Waals surface area contributed by atoms with E-state index in [9.17, 15) is 31.9 Å². The number of aliphatic hydroxyl groups is 1. The highest BCUT2D eigenvalue weighted by molar-refractivity contribution is 5.83. The number of benzene rings is 2. The highest BCUT2D eigenvalue weighted by atomic mass is 19.4. The number of piperidine rings is 1.